The van der Waals surface area contributed by atoms with Crippen LogP contribution < -0.4 is 5.32 Å². The SMILES string of the molecule is O=C(CCCC(=O)N1C/C(=C\Cc2ccc(Cl)cc2)C(=O)/C(=C/Cc2ccc(Cl)cc2)C1)NC1=CCC(=S(=O)=O)C=C1. The van der Waals surface area contributed by atoms with Crippen molar-refractivity contribution in [3.05, 3.63) is 117 Å². The first-order chi connectivity index (χ1) is 20.2. The highest BCUT2D eigenvalue weighted by Gasteiger charge is 2.28. The van der Waals surface area contributed by atoms with Crippen LogP contribution in [0.1, 0.15) is 36.8 Å². The smallest absolute Gasteiger partial charge is 0.224 e. The van der Waals surface area contributed by atoms with E-state index in [2.05, 4.69) is 5.32 Å². The van der Waals surface area contributed by atoms with E-state index in [0.29, 0.717) is 46.2 Å². The number of hydrogen-bond acceptors (Lipinski definition) is 5. The third kappa shape index (κ3) is 9.14. The largest absolute Gasteiger partial charge is 0.334 e. The molecule has 1 saturated heterocycles. The van der Waals surface area contributed by atoms with Crippen molar-refractivity contribution in [1.29, 1.82) is 0 Å². The summed E-state index contributed by atoms with van der Waals surface area (Å²) in [6, 6.07) is 14.8. The van der Waals surface area contributed by atoms with E-state index in [1.807, 2.05) is 36.4 Å². The van der Waals surface area contributed by atoms with Crippen molar-refractivity contribution in [3.8, 4) is 0 Å². The number of benzene rings is 2. The van der Waals surface area contributed by atoms with E-state index in [1.54, 1.807) is 35.2 Å². The molecular formula is C32H30Cl2N2O5S. The molecule has 0 saturated carbocycles. The standard InChI is InChI=1S/C32H30Cl2N2O5S/c33-26-12-6-22(7-13-26)4-10-24-20-36(21-25(32(24)39)11-5-23-8-14-27(34)15-9-23)31(38)3-1-2-30(37)35-28-16-18-29(19-17-28)42(40)41/h6-18H,1-5,19-21H2,(H,35,37)/b24-10+,25-11+. The van der Waals surface area contributed by atoms with Gasteiger partial charge in [0.15, 0.2) is 5.78 Å². The van der Waals surface area contributed by atoms with E-state index in [0.717, 1.165) is 11.1 Å². The summed E-state index contributed by atoms with van der Waals surface area (Å²) >= 11 is 12.0. The number of likely N-dealkylation sites (tertiary alicyclic amines) is 1. The molecule has 1 aliphatic carbocycles. The Bertz CT molecular complexity index is 1540. The number of amides is 2. The zero-order valence-corrected chi connectivity index (χ0v) is 25.1. The van der Waals surface area contributed by atoms with Gasteiger partial charge in [0.05, 0.1) is 4.86 Å². The number of nitrogens with one attached hydrogen (secondary N) is 1. The second-order valence-electron chi connectivity index (χ2n) is 10.00. The van der Waals surface area contributed by atoms with Gasteiger partial charge in [-0.3, -0.25) is 14.4 Å². The van der Waals surface area contributed by atoms with Crippen molar-refractivity contribution in [1.82, 2.24) is 10.2 Å². The lowest BCUT2D eigenvalue weighted by Gasteiger charge is -2.30. The number of halogens is 2. The molecule has 1 aliphatic heterocycles. The lowest BCUT2D eigenvalue weighted by molar-refractivity contribution is -0.131. The first-order valence-electron chi connectivity index (χ1n) is 13.5. The molecule has 1 N–H and O–H groups in total. The van der Waals surface area contributed by atoms with E-state index in [-0.39, 0.29) is 54.8 Å². The highest BCUT2D eigenvalue weighted by Crippen LogP contribution is 2.21. The Hall–Kier alpha value is -3.72. The minimum absolute atomic E-state index is 0.0728. The molecule has 0 atom stereocenters. The summed E-state index contributed by atoms with van der Waals surface area (Å²) in [4.78, 5) is 40.9. The van der Waals surface area contributed by atoms with Crippen LogP contribution in [-0.4, -0.2) is 48.9 Å². The summed E-state index contributed by atoms with van der Waals surface area (Å²) in [5.74, 6) is -0.471. The number of rotatable bonds is 9. The number of hydrogen-bond donors (Lipinski definition) is 1. The lowest BCUT2D eigenvalue weighted by atomic mass is 9.94. The number of Topliss-reactive ketones (excluding diaryl/α,β-unsaturated/α-hetero) is 1. The van der Waals surface area contributed by atoms with Crippen LogP contribution in [0, 0.1) is 0 Å². The first-order valence-corrected chi connectivity index (χ1v) is 15.3. The van der Waals surface area contributed by atoms with Crippen molar-refractivity contribution < 1.29 is 22.8 Å². The van der Waals surface area contributed by atoms with Gasteiger partial charge >= 0.3 is 0 Å². The third-order valence-electron chi connectivity index (χ3n) is 6.92. The van der Waals surface area contributed by atoms with Gasteiger partial charge in [0.2, 0.25) is 22.1 Å². The molecule has 10 heteroatoms. The number of allylic oxidation sites excluding steroid dienone is 5. The molecule has 1 fully saturated rings. The third-order valence-corrected chi connectivity index (χ3v) is 8.15. The van der Waals surface area contributed by atoms with Crippen molar-refractivity contribution in [2.45, 2.75) is 38.5 Å². The quantitative estimate of drug-likeness (QED) is 0.304. The fourth-order valence-corrected chi connectivity index (χ4v) is 5.21. The molecule has 2 aromatic rings. The van der Waals surface area contributed by atoms with Crippen molar-refractivity contribution in [3.63, 3.8) is 0 Å². The summed E-state index contributed by atoms with van der Waals surface area (Å²) in [6.07, 6.45) is 10.3. The average Bonchev–Trinajstić information content (AvgIpc) is 2.97. The molecular weight excluding hydrogens is 595 g/mol. The van der Waals surface area contributed by atoms with Gasteiger partial charge in [-0.15, -0.1) is 0 Å². The fourth-order valence-electron chi connectivity index (χ4n) is 4.56. The van der Waals surface area contributed by atoms with Gasteiger partial charge in [0, 0.05) is 59.2 Å². The van der Waals surface area contributed by atoms with E-state index < -0.39 is 10.3 Å². The molecule has 0 spiro atoms. The average molecular weight is 626 g/mol. The highest BCUT2D eigenvalue weighted by molar-refractivity contribution is 7.73. The molecule has 1 heterocycles. The first kappa shape index (κ1) is 31.2. The van der Waals surface area contributed by atoms with Crippen molar-refractivity contribution >= 4 is 56.0 Å². The summed E-state index contributed by atoms with van der Waals surface area (Å²) in [5.41, 5.74) is 3.63. The molecule has 4 rings (SSSR count). The molecule has 0 bridgehead atoms. The zero-order valence-electron chi connectivity index (χ0n) is 22.8. The predicted octanol–water partition coefficient (Wildman–Crippen LogP) is 5.22. The van der Waals surface area contributed by atoms with Crippen LogP contribution in [0.15, 0.2) is 95.8 Å². The molecule has 7 nitrogen and oxygen atoms in total. The summed E-state index contributed by atoms with van der Waals surface area (Å²) < 4.78 is 22.1. The summed E-state index contributed by atoms with van der Waals surface area (Å²) in [6.45, 7) is 0.403. The van der Waals surface area contributed by atoms with Crippen LogP contribution in [-0.2, 0) is 37.5 Å². The van der Waals surface area contributed by atoms with Gasteiger partial charge in [-0.25, -0.2) is 0 Å². The van der Waals surface area contributed by atoms with Gasteiger partial charge in [-0.1, -0.05) is 65.7 Å². The van der Waals surface area contributed by atoms with Gasteiger partial charge in [-0.2, -0.15) is 8.42 Å². The Morgan fingerprint density at radius 3 is 1.86 bits per heavy atom. The second kappa shape index (κ2) is 15.0. The number of ketones is 1. The maximum atomic E-state index is 13.4. The van der Waals surface area contributed by atoms with E-state index in [1.165, 1.54) is 12.2 Å². The van der Waals surface area contributed by atoms with Crippen LogP contribution in [0.25, 0.3) is 0 Å². The van der Waals surface area contributed by atoms with E-state index in [9.17, 15) is 22.8 Å². The second-order valence-corrected chi connectivity index (χ2v) is 11.9. The highest BCUT2D eigenvalue weighted by atomic mass is 35.5. The fraction of sp³-hybridized carbons (Fsp3) is 0.250. The Morgan fingerprint density at radius 1 is 0.833 bits per heavy atom. The number of carbonyl (C=O) groups is 3. The van der Waals surface area contributed by atoms with Crippen molar-refractivity contribution in [2.24, 2.45) is 0 Å². The van der Waals surface area contributed by atoms with Gasteiger partial charge < -0.3 is 10.2 Å². The normalized spacial score (nSPS) is 17.0. The Kier molecular flexibility index (Phi) is 11.1. The molecule has 2 amide bonds. The molecule has 0 aromatic heterocycles. The Labute approximate surface area is 256 Å². The molecule has 42 heavy (non-hydrogen) atoms. The molecule has 2 aliphatic rings. The molecule has 0 unspecified atom stereocenters. The minimum atomic E-state index is -2.28. The monoisotopic (exact) mass is 624 g/mol. The number of nitrogens with zero attached hydrogens (tertiary/aromatic N) is 1. The van der Waals surface area contributed by atoms with Gasteiger partial charge in [0.25, 0.3) is 0 Å². The number of carbonyl (C=O) groups excluding carboxylic acids is 3. The number of piperidine rings is 1. The predicted molar refractivity (Wildman–Crippen MR) is 166 cm³/mol. The molecule has 0 radical (unpaired) electrons. The topological polar surface area (TPSA) is 101 Å². The van der Waals surface area contributed by atoms with Gasteiger partial charge in [0.1, 0.15) is 0 Å². The van der Waals surface area contributed by atoms with Crippen LogP contribution in [0.3, 0.4) is 0 Å². The van der Waals surface area contributed by atoms with Crippen LogP contribution >= 0.6 is 23.2 Å². The van der Waals surface area contributed by atoms with E-state index >= 15 is 0 Å². The summed E-state index contributed by atoms with van der Waals surface area (Å²) in [5, 5.41) is 4.01. The van der Waals surface area contributed by atoms with Crippen LogP contribution in [0.4, 0.5) is 0 Å². The Morgan fingerprint density at radius 2 is 1.38 bits per heavy atom. The molecule has 218 valence electrons. The molecule has 2 aromatic carbocycles. The van der Waals surface area contributed by atoms with Crippen LogP contribution in [0.2, 0.25) is 10.0 Å². The maximum absolute atomic E-state index is 13.4. The minimum Gasteiger partial charge on any atom is -0.334 e. The van der Waals surface area contributed by atoms with Crippen molar-refractivity contribution in [2.75, 3.05) is 13.1 Å². The van der Waals surface area contributed by atoms with E-state index in [4.69, 9.17) is 23.2 Å². The summed E-state index contributed by atoms with van der Waals surface area (Å²) in [7, 11) is -2.28. The zero-order chi connectivity index (χ0) is 30.1. The maximum Gasteiger partial charge on any atom is 0.224 e. The lowest BCUT2D eigenvalue weighted by Crippen LogP contribution is -2.41. The van der Waals surface area contributed by atoms with Gasteiger partial charge in [-0.05, 0) is 66.8 Å². The Balaban J connectivity index is 1.39. The van der Waals surface area contributed by atoms with Crippen LogP contribution in [0.5, 0.6) is 0 Å².